The van der Waals surface area contributed by atoms with Gasteiger partial charge in [0.05, 0.1) is 4.92 Å². The van der Waals surface area contributed by atoms with Crippen LogP contribution in [0, 0.1) is 10.1 Å². The predicted octanol–water partition coefficient (Wildman–Crippen LogP) is 3.52. The molecule has 0 aromatic carbocycles. The van der Waals surface area contributed by atoms with Crippen LogP contribution in [0.15, 0.2) is 0 Å². The molecular formula is C12H23NO3. The Hall–Kier alpha value is -0.640. The van der Waals surface area contributed by atoms with E-state index in [4.69, 9.17) is 4.74 Å². The summed E-state index contributed by atoms with van der Waals surface area (Å²) in [7, 11) is 0. The summed E-state index contributed by atoms with van der Waals surface area (Å²) in [4.78, 5) is 10.3. The molecule has 0 aliphatic carbocycles. The van der Waals surface area contributed by atoms with Gasteiger partial charge in [-0.05, 0) is 6.42 Å². The molecule has 1 fully saturated rings. The molecule has 0 saturated carbocycles. The van der Waals surface area contributed by atoms with Crippen molar-refractivity contribution < 1.29 is 9.66 Å². The fourth-order valence-electron chi connectivity index (χ4n) is 2.03. The highest BCUT2D eigenvalue weighted by molar-refractivity contribution is 4.89. The van der Waals surface area contributed by atoms with Gasteiger partial charge in [-0.1, -0.05) is 51.9 Å². The fourth-order valence-corrected chi connectivity index (χ4v) is 2.03. The molecule has 1 saturated heterocycles. The summed E-state index contributed by atoms with van der Waals surface area (Å²) in [5, 5.41) is 10.6. The molecule has 1 rings (SSSR count). The van der Waals surface area contributed by atoms with E-state index < -0.39 is 5.72 Å². The average molecular weight is 229 g/mol. The van der Waals surface area contributed by atoms with Crippen LogP contribution in [-0.2, 0) is 4.74 Å². The number of nitrogens with zero attached hydrogens (tertiary/aromatic N) is 1. The maximum Gasteiger partial charge on any atom is 0.348 e. The highest BCUT2D eigenvalue weighted by Gasteiger charge is 2.64. The molecule has 0 unspecified atom stereocenters. The van der Waals surface area contributed by atoms with Gasteiger partial charge in [-0.3, -0.25) is 14.9 Å². The van der Waals surface area contributed by atoms with E-state index >= 15 is 0 Å². The highest BCUT2D eigenvalue weighted by atomic mass is 16.7. The molecule has 0 bridgehead atoms. The van der Waals surface area contributed by atoms with Crippen molar-refractivity contribution in [3.63, 3.8) is 0 Å². The summed E-state index contributed by atoms with van der Waals surface area (Å²) in [6.45, 7) is 3.78. The van der Waals surface area contributed by atoms with Gasteiger partial charge in [0.2, 0.25) is 0 Å². The normalized spacial score (nSPS) is 28.0. The monoisotopic (exact) mass is 229 g/mol. The summed E-state index contributed by atoms with van der Waals surface area (Å²) in [5.41, 5.74) is -1.07. The second-order valence-electron chi connectivity index (χ2n) is 4.83. The van der Waals surface area contributed by atoms with Crippen molar-refractivity contribution in [3.05, 3.63) is 10.1 Å². The SMILES string of the molecule is CCCCCCCCC[C@@H]1O[C@]1(C)[N+](=O)[O-]. The Balaban J connectivity index is 1.92. The molecule has 0 N–H and O–H groups in total. The van der Waals surface area contributed by atoms with Crippen LogP contribution in [0.1, 0.15) is 65.2 Å². The summed E-state index contributed by atoms with van der Waals surface area (Å²) >= 11 is 0. The van der Waals surface area contributed by atoms with Crippen LogP contribution in [0.5, 0.6) is 0 Å². The number of hydrogen-bond acceptors (Lipinski definition) is 3. The van der Waals surface area contributed by atoms with Crippen LogP contribution in [0.2, 0.25) is 0 Å². The average Bonchev–Trinajstić information content (AvgIpc) is 2.90. The Morgan fingerprint density at radius 3 is 2.25 bits per heavy atom. The molecule has 4 nitrogen and oxygen atoms in total. The van der Waals surface area contributed by atoms with Crippen LogP contribution in [0.25, 0.3) is 0 Å². The number of hydrogen-bond donors (Lipinski definition) is 0. The van der Waals surface area contributed by atoms with Crippen molar-refractivity contribution in [2.24, 2.45) is 0 Å². The third-order valence-electron chi connectivity index (χ3n) is 3.35. The van der Waals surface area contributed by atoms with Crippen molar-refractivity contribution in [1.29, 1.82) is 0 Å². The van der Waals surface area contributed by atoms with Crippen LogP contribution in [0.3, 0.4) is 0 Å². The Labute approximate surface area is 97.5 Å². The highest BCUT2D eigenvalue weighted by Crippen LogP contribution is 2.39. The zero-order chi connectivity index (χ0) is 12.0. The number of epoxide rings is 1. The number of rotatable bonds is 9. The van der Waals surface area contributed by atoms with E-state index in [1.165, 1.54) is 38.5 Å². The molecule has 0 spiro atoms. The van der Waals surface area contributed by atoms with Crippen molar-refractivity contribution in [3.8, 4) is 0 Å². The number of unbranched alkanes of at least 4 members (excludes halogenated alkanes) is 6. The van der Waals surface area contributed by atoms with Crippen molar-refractivity contribution in [1.82, 2.24) is 0 Å². The lowest BCUT2D eigenvalue weighted by atomic mass is 10.1. The maximum absolute atomic E-state index is 10.6. The fraction of sp³-hybridized carbons (Fsp3) is 1.00. The van der Waals surface area contributed by atoms with E-state index in [1.54, 1.807) is 6.92 Å². The van der Waals surface area contributed by atoms with E-state index in [0.29, 0.717) is 0 Å². The van der Waals surface area contributed by atoms with Crippen molar-refractivity contribution in [2.75, 3.05) is 0 Å². The van der Waals surface area contributed by atoms with Crippen LogP contribution >= 0.6 is 0 Å². The van der Waals surface area contributed by atoms with Gasteiger partial charge in [0, 0.05) is 6.92 Å². The Morgan fingerprint density at radius 2 is 1.75 bits per heavy atom. The molecule has 1 aliphatic heterocycles. The molecule has 0 radical (unpaired) electrons. The minimum atomic E-state index is -1.07. The van der Waals surface area contributed by atoms with E-state index in [2.05, 4.69) is 6.92 Å². The molecule has 1 heterocycles. The minimum Gasteiger partial charge on any atom is -0.299 e. The van der Waals surface area contributed by atoms with E-state index in [9.17, 15) is 10.1 Å². The first-order chi connectivity index (χ1) is 7.61. The molecule has 94 valence electrons. The Kier molecular flexibility index (Phi) is 5.19. The zero-order valence-corrected chi connectivity index (χ0v) is 10.4. The summed E-state index contributed by atoms with van der Waals surface area (Å²) in [6, 6.07) is 0. The summed E-state index contributed by atoms with van der Waals surface area (Å²) in [6.07, 6.45) is 9.40. The van der Waals surface area contributed by atoms with Gasteiger partial charge < -0.3 is 0 Å². The standard InChI is InChI=1S/C12H23NO3/c1-3-4-5-6-7-8-9-10-11-12(2,16-11)13(14)15/h11H,3-10H2,1-2H3/t11-,12-/m0/s1. The number of ether oxygens (including phenoxy) is 1. The van der Waals surface area contributed by atoms with Crippen molar-refractivity contribution >= 4 is 0 Å². The smallest absolute Gasteiger partial charge is 0.299 e. The van der Waals surface area contributed by atoms with E-state index in [1.807, 2.05) is 0 Å². The largest absolute Gasteiger partial charge is 0.348 e. The molecule has 16 heavy (non-hydrogen) atoms. The van der Waals surface area contributed by atoms with Gasteiger partial charge in [-0.25, -0.2) is 0 Å². The van der Waals surface area contributed by atoms with Crippen LogP contribution in [-0.4, -0.2) is 16.8 Å². The first-order valence-electron chi connectivity index (χ1n) is 6.43. The molecule has 2 atom stereocenters. The lowest BCUT2D eigenvalue weighted by Crippen LogP contribution is -2.21. The Morgan fingerprint density at radius 1 is 1.19 bits per heavy atom. The lowest BCUT2D eigenvalue weighted by molar-refractivity contribution is -0.558. The summed E-state index contributed by atoms with van der Waals surface area (Å²) < 4.78 is 5.11. The first-order valence-corrected chi connectivity index (χ1v) is 6.43. The second-order valence-corrected chi connectivity index (χ2v) is 4.83. The van der Waals surface area contributed by atoms with E-state index in [0.717, 1.165) is 12.8 Å². The first kappa shape index (κ1) is 13.4. The second kappa shape index (κ2) is 6.18. The third-order valence-corrected chi connectivity index (χ3v) is 3.35. The van der Waals surface area contributed by atoms with Gasteiger partial charge in [0.25, 0.3) is 0 Å². The van der Waals surface area contributed by atoms with Gasteiger partial charge in [0.15, 0.2) is 6.10 Å². The van der Waals surface area contributed by atoms with Gasteiger partial charge in [-0.2, -0.15) is 0 Å². The van der Waals surface area contributed by atoms with Crippen LogP contribution in [0.4, 0.5) is 0 Å². The van der Waals surface area contributed by atoms with Gasteiger partial charge in [0.1, 0.15) is 0 Å². The molecular weight excluding hydrogens is 206 g/mol. The van der Waals surface area contributed by atoms with Crippen LogP contribution < -0.4 is 0 Å². The zero-order valence-electron chi connectivity index (χ0n) is 10.4. The predicted molar refractivity (Wildman–Crippen MR) is 62.9 cm³/mol. The molecule has 0 amide bonds. The third kappa shape index (κ3) is 3.74. The molecule has 4 heteroatoms. The topological polar surface area (TPSA) is 55.7 Å². The lowest BCUT2D eigenvalue weighted by Gasteiger charge is -2.00. The summed E-state index contributed by atoms with van der Waals surface area (Å²) in [5.74, 6) is 0. The van der Waals surface area contributed by atoms with E-state index in [-0.39, 0.29) is 11.0 Å². The van der Waals surface area contributed by atoms with Crippen molar-refractivity contribution in [2.45, 2.75) is 77.0 Å². The molecule has 0 aromatic heterocycles. The van der Waals surface area contributed by atoms with Gasteiger partial charge >= 0.3 is 5.72 Å². The molecule has 1 aliphatic rings. The number of nitro groups is 1. The minimum absolute atomic E-state index is 0.141. The molecule has 0 aromatic rings. The Bertz CT molecular complexity index is 232. The quantitative estimate of drug-likeness (QED) is 0.263. The maximum atomic E-state index is 10.6. The van der Waals surface area contributed by atoms with Gasteiger partial charge in [-0.15, -0.1) is 0 Å².